The molecule has 0 aliphatic carbocycles. The fourth-order valence-electron chi connectivity index (χ4n) is 2.77. The van der Waals surface area contributed by atoms with Crippen LogP contribution in [0.3, 0.4) is 0 Å². The van der Waals surface area contributed by atoms with Gasteiger partial charge in [-0.1, -0.05) is 24.3 Å². The second-order valence-corrected chi connectivity index (χ2v) is 6.43. The molecule has 0 atom stereocenters. The highest BCUT2D eigenvalue weighted by Gasteiger charge is 2.31. The van der Waals surface area contributed by atoms with Gasteiger partial charge in [-0.2, -0.15) is 26.3 Å². The lowest BCUT2D eigenvalue weighted by molar-refractivity contribution is -0.138. The van der Waals surface area contributed by atoms with Crippen molar-refractivity contribution in [1.29, 1.82) is 5.41 Å². The van der Waals surface area contributed by atoms with Crippen LogP contribution in [0.1, 0.15) is 22.4 Å². The van der Waals surface area contributed by atoms with Crippen LogP contribution in [0, 0.1) is 5.41 Å². The molecule has 2 N–H and O–H groups in total. The van der Waals surface area contributed by atoms with Gasteiger partial charge in [0.05, 0.1) is 16.8 Å². The van der Waals surface area contributed by atoms with Crippen molar-refractivity contribution in [3.8, 4) is 11.1 Å². The third kappa shape index (κ3) is 4.97. The largest absolute Gasteiger partial charge is 0.416 e. The van der Waals surface area contributed by atoms with Crippen LogP contribution in [-0.4, -0.2) is 11.2 Å². The Kier molecular flexibility index (Phi) is 5.82. The molecule has 1 heterocycles. The van der Waals surface area contributed by atoms with E-state index in [9.17, 15) is 26.3 Å². The van der Waals surface area contributed by atoms with Gasteiger partial charge in [-0.3, -0.25) is 4.98 Å². The SMILES string of the molecule is N=Cc1ncc(-c2cccc(C(F)(F)F)c2)cc1NCc1ccc(C(F)(F)F)cc1. The number of halogens is 6. The van der Waals surface area contributed by atoms with E-state index in [0.717, 1.165) is 30.5 Å². The van der Waals surface area contributed by atoms with Crippen LogP contribution < -0.4 is 5.32 Å². The number of hydrogen-bond acceptors (Lipinski definition) is 3. The summed E-state index contributed by atoms with van der Waals surface area (Å²) in [7, 11) is 0. The lowest BCUT2D eigenvalue weighted by Gasteiger charge is -2.13. The molecule has 0 radical (unpaired) electrons. The van der Waals surface area contributed by atoms with Crippen LogP contribution in [0.4, 0.5) is 32.0 Å². The Labute approximate surface area is 167 Å². The van der Waals surface area contributed by atoms with Crippen LogP contribution >= 0.6 is 0 Å². The normalized spacial score (nSPS) is 11.9. The highest BCUT2D eigenvalue weighted by atomic mass is 19.4. The van der Waals surface area contributed by atoms with E-state index < -0.39 is 23.5 Å². The number of hydrogen-bond donors (Lipinski definition) is 2. The maximum absolute atomic E-state index is 13.0. The summed E-state index contributed by atoms with van der Waals surface area (Å²) in [6.45, 7) is 0.146. The van der Waals surface area contributed by atoms with Gasteiger partial charge in [-0.15, -0.1) is 0 Å². The van der Waals surface area contributed by atoms with Crippen molar-refractivity contribution >= 4 is 11.9 Å². The van der Waals surface area contributed by atoms with E-state index in [1.54, 1.807) is 6.07 Å². The molecule has 0 amide bonds. The summed E-state index contributed by atoms with van der Waals surface area (Å²) in [4.78, 5) is 4.09. The van der Waals surface area contributed by atoms with Gasteiger partial charge < -0.3 is 10.7 Å². The topological polar surface area (TPSA) is 48.8 Å². The number of pyridine rings is 1. The van der Waals surface area contributed by atoms with Crippen molar-refractivity contribution < 1.29 is 26.3 Å². The molecule has 156 valence electrons. The van der Waals surface area contributed by atoms with Gasteiger partial charge in [0.15, 0.2) is 0 Å². The first-order chi connectivity index (χ1) is 14.1. The third-order valence-corrected chi connectivity index (χ3v) is 4.34. The van der Waals surface area contributed by atoms with Crippen molar-refractivity contribution in [1.82, 2.24) is 4.98 Å². The van der Waals surface area contributed by atoms with Gasteiger partial charge in [-0.25, -0.2) is 0 Å². The van der Waals surface area contributed by atoms with E-state index in [4.69, 9.17) is 5.41 Å². The zero-order valence-electron chi connectivity index (χ0n) is 15.3. The smallest absolute Gasteiger partial charge is 0.379 e. The molecule has 0 unspecified atom stereocenters. The van der Waals surface area contributed by atoms with Gasteiger partial charge in [-0.05, 0) is 41.5 Å². The molecule has 3 aromatic rings. The van der Waals surface area contributed by atoms with E-state index in [0.29, 0.717) is 22.4 Å². The van der Waals surface area contributed by atoms with E-state index in [-0.39, 0.29) is 12.2 Å². The summed E-state index contributed by atoms with van der Waals surface area (Å²) in [5.41, 5.74) is 0.323. The Bertz CT molecular complexity index is 1040. The van der Waals surface area contributed by atoms with Gasteiger partial charge in [0.1, 0.15) is 5.69 Å². The minimum absolute atomic E-state index is 0.146. The van der Waals surface area contributed by atoms with Crippen LogP contribution in [0.25, 0.3) is 11.1 Å². The number of benzene rings is 2. The van der Waals surface area contributed by atoms with E-state index in [2.05, 4.69) is 10.3 Å². The van der Waals surface area contributed by atoms with E-state index in [1.165, 1.54) is 30.5 Å². The number of alkyl halides is 6. The second-order valence-electron chi connectivity index (χ2n) is 6.43. The molecule has 0 aliphatic rings. The summed E-state index contributed by atoms with van der Waals surface area (Å²) in [6.07, 6.45) is -6.57. The predicted molar refractivity (Wildman–Crippen MR) is 101 cm³/mol. The molecule has 9 heteroatoms. The van der Waals surface area contributed by atoms with Gasteiger partial charge >= 0.3 is 12.4 Å². The minimum atomic E-state index is -4.48. The highest BCUT2D eigenvalue weighted by Crippen LogP contribution is 2.33. The first kappa shape index (κ1) is 21.4. The Hall–Kier alpha value is -3.36. The van der Waals surface area contributed by atoms with E-state index in [1.807, 2.05) is 0 Å². The van der Waals surface area contributed by atoms with Crippen LogP contribution in [-0.2, 0) is 18.9 Å². The number of nitrogens with one attached hydrogen (secondary N) is 2. The first-order valence-electron chi connectivity index (χ1n) is 8.66. The molecule has 3 nitrogen and oxygen atoms in total. The molecule has 0 fully saturated rings. The molecule has 0 saturated heterocycles. The summed E-state index contributed by atoms with van der Waals surface area (Å²) in [5, 5.41) is 10.4. The maximum Gasteiger partial charge on any atom is 0.416 e. The van der Waals surface area contributed by atoms with Crippen molar-refractivity contribution in [3.63, 3.8) is 0 Å². The van der Waals surface area contributed by atoms with E-state index >= 15 is 0 Å². The Morgan fingerprint density at radius 1 is 0.833 bits per heavy atom. The summed E-state index contributed by atoms with van der Waals surface area (Å²) >= 11 is 0. The zero-order valence-corrected chi connectivity index (χ0v) is 15.3. The lowest BCUT2D eigenvalue weighted by atomic mass is 10.0. The summed E-state index contributed by atoms with van der Waals surface area (Å²) in [5.74, 6) is 0. The monoisotopic (exact) mass is 423 g/mol. The Morgan fingerprint density at radius 2 is 1.50 bits per heavy atom. The zero-order chi connectivity index (χ0) is 21.9. The molecule has 0 saturated carbocycles. The summed E-state index contributed by atoms with van der Waals surface area (Å²) in [6, 6.07) is 10.9. The number of nitrogens with zero attached hydrogens (tertiary/aromatic N) is 1. The minimum Gasteiger partial charge on any atom is -0.379 e. The standard InChI is InChI=1S/C21H15F6N3/c22-20(23,24)16-6-4-13(5-7-16)11-29-18-9-15(12-30-19(18)10-28)14-2-1-3-17(8-14)21(25,26)27/h1-10,12,28-29H,11H2. The summed E-state index contributed by atoms with van der Waals surface area (Å²) < 4.78 is 76.9. The molecule has 0 spiro atoms. The Balaban J connectivity index is 1.84. The number of rotatable bonds is 5. The van der Waals surface area contributed by atoms with Crippen molar-refractivity contribution in [2.24, 2.45) is 0 Å². The average Bonchev–Trinajstić information content (AvgIpc) is 2.71. The van der Waals surface area contributed by atoms with Crippen molar-refractivity contribution in [3.05, 3.63) is 83.2 Å². The predicted octanol–water partition coefficient (Wildman–Crippen LogP) is 6.40. The third-order valence-electron chi connectivity index (χ3n) is 4.34. The second kappa shape index (κ2) is 8.17. The molecule has 30 heavy (non-hydrogen) atoms. The fourth-order valence-corrected chi connectivity index (χ4v) is 2.77. The number of anilines is 1. The maximum atomic E-state index is 13.0. The quantitative estimate of drug-likeness (QED) is 0.369. The van der Waals surface area contributed by atoms with Gasteiger partial charge in [0.25, 0.3) is 0 Å². The fraction of sp³-hybridized carbons (Fsp3) is 0.143. The lowest BCUT2D eigenvalue weighted by Crippen LogP contribution is -2.07. The highest BCUT2D eigenvalue weighted by molar-refractivity contribution is 5.85. The molecule has 0 bridgehead atoms. The molecular formula is C21H15F6N3. The van der Waals surface area contributed by atoms with Crippen molar-refractivity contribution in [2.75, 3.05) is 5.32 Å². The molecule has 2 aromatic carbocycles. The molecule has 3 rings (SSSR count). The van der Waals surface area contributed by atoms with Crippen LogP contribution in [0.5, 0.6) is 0 Å². The van der Waals surface area contributed by atoms with Crippen LogP contribution in [0.2, 0.25) is 0 Å². The first-order valence-corrected chi connectivity index (χ1v) is 8.66. The Morgan fingerprint density at radius 3 is 2.10 bits per heavy atom. The van der Waals surface area contributed by atoms with Crippen LogP contribution in [0.15, 0.2) is 60.8 Å². The average molecular weight is 423 g/mol. The molecule has 0 aliphatic heterocycles. The van der Waals surface area contributed by atoms with Gasteiger partial charge in [0, 0.05) is 24.5 Å². The molecule has 1 aromatic heterocycles. The van der Waals surface area contributed by atoms with Crippen molar-refractivity contribution in [2.45, 2.75) is 18.9 Å². The molecular weight excluding hydrogens is 408 g/mol. The number of aromatic nitrogens is 1. The van der Waals surface area contributed by atoms with Gasteiger partial charge in [0.2, 0.25) is 0 Å².